The predicted molar refractivity (Wildman–Crippen MR) is 66.3 cm³/mol. The van der Waals surface area contributed by atoms with Crippen LogP contribution < -0.4 is 0 Å². The summed E-state index contributed by atoms with van der Waals surface area (Å²) in [5.74, 6) is 0. The highest BCUT2D eigenvalue weighted by Gasteiger charge is 2.14. The molecular formula is C12H28N2O. The van der Waals surface area contributed by atoms with E-state index in [1.54, 1.807) is 0 Å². The molecule has 15 heavy (non-hydrogen) atoms. The van der Waals surface area contributed by atoms with Crippen molar-refractivity contribution in [3.63, 3.8) is 0 Å². The van der Waals surface area contributed by atoms with Crippen LogP contribution in [0.2, 0.25) is 0 Å². The molecule has 3 heteroatoms. The summed E-state index contributed by atoms with van der Waals surface area (Å²) in [5.41, 5.74) is 0. The van der Waals surface area contributed by atoms with E-state index in [2.05, 4.69) is 23.6 Å². The van der Waals surface area contributed by atoms with Gasteiger partial charge in [-0.1, -0.05) is 33.1 Å². The Hall–Kier alpha value is -0.120. The third-order valence-electron chi connectivity index (χ3n) is 3.24. The molecule has 0 atom stereocenters. The summed E-state index contributed by atoms with van der Waals surface area (Å²) >= 11 is 0. The van der Waals surface area contributed by atoms with E-state index in [0.29, 0.717) is 0 Å². The number of unbranched alkanes of at least 4 members (excludes halogenated alkanes) is 3. The van der Waals surface area contributed by atoms with Crippen molar-refractivity contribution >= 4 is 0 Å². The molecule has 0 aromatic heterocycles. The minimum absolute atomic E-state index is 0. The summed E-state index contributed by atoms with van der Waals surface area (Å²) in [5, 5.41) is 0. The quantitative estimate of drug-likeness (QED) is 0.629. The van der Waals surface area contributed by atoms with Crippen LogP contribution in [-0.2, 0) is 0 Å². The number of rotatable bonds is 6. The Kier molecular flexibility index (Phi) is 9.06. The Morgan fingerprint density at radius 2 is 1.40 bits per heavy atom. The lowest BCUT2D eigenvalue weighted by molar-refractivity contribution is 0.135. The van der Waals surface area contributed by atoms with Gasteiger partial charge >= 0.3 is 0 Å². The zero-order chi connectivity index (χ0) is 10.2. The Morgan fingerprint density at radius 3 is 1.93 bits per heavy atom. The van der Waals surface area contributed by atoms with Crippen molar-refractivity contribution in [2.75, 3.05) is 39.3 Å². The summed E-state index contributed by atoms with van der Waals surface area (Å²) in [6.45, 7) is 12.2. The molecule has 0 aliphatic carbocycles. The summed E-state index contributed by atoms with van der Waals surface area (Å²) in [4.78, 5) is 5.17. The third kappa shape index (κ3) is 6.13. The molecule has 0 saturated carbocycles. The van der Waals surface area contributed by atoms with Gasteiger partial charge in [0.2, 0.25) is 0 Å². The maximum absolute atomic E-state index is 2.63. The standard InChI is InChI=1S/C12H26N2.H2O/c1-3-5-6-7-8-14-11-9-13(4-2)10-12-14;/h3-12H2,1-2H3;1H2. The topological polar surface area (TPSA) is 38.0 Å². The van der Waals surface area contributed by atoms with Crippen LogP contribution in [0.25, 0.3) is 0 Å². The Labute approximate surface area is 94.7 Å². The Morgan fingerprint density at radius 1 is 0.800 bits per heavy atom. The van der Waals surface area contributed by atoms with Crippen LogP contribution >= 0.6 is 0 Å². The van der Waals surface area contributed by atoms with Gasteiger partial charge in [-0.05, 0) is 19.5 Å². The normalized spacial score (nSPS) is 18.8. The number of hydrogen-bond acceptors (Lipinski definition) is 2. The fraction of sp³-hybridized carbons (Fsp3) is 1.00. The van der Waals surface area contributed by atoms with E-state index >= 15 is 0 Å². The minimum atomic E-state index is 0. The first-order valence-electron chi connectivity index (χ1n) is 6.31. The predicted octanol–water partition coefficient (Wildman–Crippen LogP) is 1.38. The zero-order valence-electron chi connectivity index (χ0n) is 10.5. The molecule has 0 aromatic carbocycles. The highest BCUT2D eigenvalue weighted by molar-refractivity contribution is 4.70. The minimum Gasteiger partial charge on any atom is -0.412 e. The molecular weight excluding hydrogens is 188 g/mol. The van der Waals surface area contributed by atoms with Gasteiger partial charge in [0.15, 0.2) is 0 Å². The molecule has 0 unspecified atom stereocenters. The SMILES string of the molecule is CCCCCCN1CCN(CC)CC1.O. The van der Waals surface area contributed by atoms with Crippen molar-refractivity contribution in [3.05, 3.63) is 0 Å². The lowest BCUT2D eigenvalue weighted by Gasteiger charge is -2.33. The maximum atomic E-state index is 2.63. The van der Waals surface area contributed by atoms with Crippen molar-refractivity contribution in [1.29, 1.82) is 0 Å². The molecule has 0 spiro atoms. The van der Waals surface area contributed by atoms with Gasteiger partial charge in [-0.3, -0.25) is 0 Å². The molecule has 92 valence electrons. The van der Waals surface area contributed by atoms with Crippen molar-refractivity contribution in [2.24, 2.45) is 0 Å². The first-order chi connectivity index (χ1) is 6.86. The van der Waals surface area contributed by atoms with E-state index in [1.807, 2.05) is 0 Å². The van der Waals surface area contributed by atoms with E-state index in [9.17, 15) is 0 Å². The number of hydrogen-bond donors (Lipinski definition) is 0. The van der Waals surface area contributed by atoms with Gasteiger partial charge in [-0.15, -0.1) is 0 Å². The Balaban J connectivity index is 0.00000196. The number of piperazine rings is 1. The van der Waals surface area contributed by atoms with Crippen LogP contribution in [0.4, 0.5) is 0 Å². The molecule has 3 nitrogen and oxygen atoms in total. The summed E-state index contributed by atoms with van der Waals surface area (Å²) in [6.07, 6.45) is 5.59. The highest BCUT2D eigenvalue weighted by atomic mass is 16.0. The molecule has 1 heterocycles. The van der Waals surface area contributed by atoms with E-state index in [4.69, 9.17) is 0 Å². The zero-order valence-corrected chi connectivity index (χ0v) is 10.5. The fourth-order valence-electron chi connectivity index (χ4n) is 2.09. The number of likely N-dealkylation sites (N-methyl/N-ethyl adjacent to an activating group) is 1. The van der Waals surface area contributed by atoms with Crippen molar-refractivity contribution in [1.82, 2.24) is 9.80 Å². The van der Waals surface area contributed by atoms with Crippen LogP contribution in [0.1, 0.15) is 39.5 Å². The van der Waals surface area contributed by atoms with Crippen molar-refractivity contribution in [2.45, 2.75) is 39.5 Å². The molecule has 0 radical (unpaired) electrons. The first-order valence-corrected chi connectivity index (χ1v) is 6.31. The monoisotopic (exact) mass is 216 g/mol. The van der Waals surface area contributed by atoms with Crippen LogP contribution in [0, 0.1) is 0 Å². The lowest BCUT2D eigenvalue weighted by atomic mass is 10.2. The van der Waals surface area contributed by atoms with Gasteiger partial charge in [0.25, 0.3) is 0 Å². The third-order valence-corrected chi connectivity index (χ3v) is 3.24. The number of nitrogens with zero attached hydrogens (tertiary/aromatic N) is 2. The second-order valence-corrected chi connectivity index (χ2v) is 4.34. The second-order valence-electron chi connectivity index (χ2n) is 4.34. The molecule has 0 amide bonds. The maximum Gasteiger partial charge on any atom is 0.0110 e. The lowest BCUT2D eigenvalue weighted by Crippen LogP contribution is -2.46. The first kappa shape index (κ1) is 14.9. The Bertz CT molecular complexity index is 134. The van der Waals surface area contributed by atoms with Crippen LogP contribution in [0.15, 0.2) is 0 Å². The van der Waals surface area contributed by atoms with Gasteiger partial charge < -0.3 is 15.3 Å². The summed E-state index contributed by atoms with van der Waals surface area (Å²) in [6, 6.07) is 0. The average molecular weight is 216 g/mol. The van der Waals surface area contributed by atoms with Crippen LogP contribution in [-0.4, -0.2) is 54.5 Å². The van der Waals surface area contributed by atoms with E-state index in [0.717, 1.165) is 0 Å². The molecule has 1 saturated heterocycles. The summed E-state index contributed by atoms with van der Waals surface area (Å²) < 4.78 is 0. The fourth-order valence-corrected chi connectivity index (χ4v) is 2.09. The molecule has 0 aromatic rings. The second kappa shape index (κ2) is 9.13. The van der Waals surface area contributed by atoms with Gasteiger partial charge in [0.1, 0.15) is 0 Å². The molecule has 1 rings (SSSR count). The van der Waals surface area contributed by atoms with Gasteiger partial charge in [0.05, 0.1) is 0 Å². The van der Waals surface area contributed by atoms with Crippen LogP contribution in [0.3, 0.4) is 0 Å². The van der Waals surface area contributed by atoms with Crippen LogP contribution in [0.5, 0.6) is 0 Å². The highest BCUT2D eigenvalue weighted by Crippen LogP contribution is 2.05. The van der Waals surface area contributed by atoms with Gasteiger partial charge in [-0.25, -0.2) is 0 Å². The average Bonchev–Trinajstić information content (AvgIpc) is 2.25. The molecule has 1 fully saturated rings. The molecule has 1 aliphatic rings. The van der Waals surface area contributed by atoms with Crippen molar-refractivity contribution < 1.29 is 5.48 Å². The largest absolute Gasteiger partial charge is 0.412 e. The van der Waals surface area contributed by atoms with E-state index in [1.165, 1.54) is 65.0 Å². The van der Waals surface area contributed by atoms with Gasteiger partial charge in [-0.2, -0.15) is 0 Å². The summed E-state index contributed by atoms with van der Waals surface area (Å²) in [7, 11) is 0. The molecule has 1 aliphatic heterocycles. The molecule has 0 bridgehead atoms. The smallest absolute Gasteiger partial charge is 0.0110 e. The van der Waals surface area contributed by atoms with Gasteiger partial charge in [0, 0.05) is 26.2 Å². The van der Waals surface area contributed by atoms with Crippen molar-refractivity contribution in [3.8, 4) is 0 Å². The van der Waals surface area contributed by atoms with E-state index < -0.39 is 0 Å². The molecule has 2 N–H and O–H groups in total. The van der Waals surface area contributed by atoms with E-state index in [-0.39, 0.29) is 5.48 Å².